The summed E-state index contributed by atoms with van der Waals surface area (Å²) < 4.78 is 10.3. The Balaban J connectivity index is 1.91. The number of hydrogen-bond acceptors (Lipinski definition) is 5. The van der Waals surface area contributed by atoms with E-state index in [4.69, 9.17) is 21.1 Å². The largest absolute Gasteiger partial charge is 0.484 e. The number of ether oxygens (including phenoxy) is 2. The lowest BCUT2D eigenvalue weighted by Gasteiger charge is -2.06. The highest BCUT2D eigenvalue weighted by atomic mass is 35.5. The molecule has 0 aliphatic heterocycles. The minimum atomic E-state index is -0.382. The first-order valence-electron chi connectivity index (χ1n) is 6.95. The van der Waals surface area contributed by atoms with Crippen molar-refractivity contribution in [3.8, 4) is 5.75 Å². The number of halogens is 1. The second-order valence-electron chi connectivity index (χ2n) is 4.63. The molecule has 1 aromatic carbocycles. The molecule has 0 radical (unpaired) electrons. The molecule has 0 aliphatic carbocycles. The number of rotatable bonds is 6. The van der Waals surface area contributed by atoms with Gasteiger partial charge in [-0.2, -0.15) is 0 Å². The van der Waals surface area contributed by atoms with Crippen molar-refractivity contribution < 1.29 is 19.1 Å². The minimum Gasteiger partial charge on any atom is -0.484 e. The Morgan fingerprint density at radius 2 is 1.96 bits per heavy atom. The third-order valence-electron chi connectivity index (χ3n) is 2.82. The fourth-order valence-electron chi connectivity index (χ4n) is 1.80. The Labute approximate surface area is 143 Å². The number of thiophene rings is 1. The van der Waals surface area contributed by atoms with Crippen molar-refractivity contribution in [2.24, 2.45) is 0 Å². The molecule has 1 heterocycles. The summed E-state index contributed by atoms with van der Waals surface area (Å²) in [5, 5.41) is 3.88. The molecule has 0 fully saturated rings. The Morgan fingerprint density at radius 1 is 1.26 bits per heavy atom. The lowest BCUT2D eigenvalue weighted by Crippen LogP contribution is -2.19. The molecule has 0 aliphatic rings. The van der Waals surface area contributed by atoms with E-state index in [-0.39, 0.29) is 18.5 Å². The fraction of sp³-hybridized carbons (Fsp3) is 0.250. The number of carbonyl (C=O) groups excluding carboxylic acids is 2. The van der Waals surface area contributed by atoms with Gasteiger partial charge in [0.15, 0.2) is 6.61 Å². The number of nitrogens with one attached hydrogen (secondary N) is 1. The molecule has 0 bridgehead atoms. The standard InChI is InChI=1S/C16H16ClNO4S/c1-3-21-16(20)15-10(2)8-14(23-15)18-13(19)9-22-12-6-4-11(17)5-7-12/h4-8H,3,9H2,1-2H3,(H,18,19). The van der Waals surface area contributed by atoms with E-state index >= 15 is 0 Å². The van der Waals surface area contributed by atoms with Gasteiger partial charge in [-0.15, -0.1) is 11.3 Å². The van der Waals surface area contributed by atoms with E-state index in [0.717, 1.165) is 5.56 Å². The van der Waals surface area contributed by atoms with E-state index < -0.39 is 0 Å². The van der Waals surface area contributed by atoms with Gasteiger partial charge in [0.25, 0.3) is 5.91 Å². The van der Waals surface area contributed by atoms with Gasteiger partial charge < -0.3 is 14.8 Å². The summed E-state index contributed by atoms with van der Waals surface area (Å²) in [4.78, 5) is 24.1. The van der Waals surface area contributed by atoms with Crippen LogP contribution < -0.4 is 10.1 Å². The van der Waals surface area contributed by atoms with Crippen molar-refractivity contribution in [3.63, 3.8) is 0 Å². The van der Waals surface area contributed by atoms with E-state index in [1.54, 1.807) is 44.2 Å². The first-order valence-corrected chi connectivity index (χ1v) is 8.14. The molecule has 23 heavy (non-hydrogen) atoms. The number of anilines is 1. The van der Waals surface area contributed by atoms with Gasteiger partial charge in [0, 0.05) is 5.02 Å². The molecule has 0 saturated heterocycles. The van der Waals surface area contributed by atoms with E-state index in [1.165, 1.54) is 11.3 Å². The molecule has 2 rings (SSSR count). The second kappa shape index (κ2) is 7.99. The number of aryl methyl sites for hydroxylation is 1. The van der Waals surface area contributed by atoms with Crippen molar-refractivity contribution in [2.75, 3.05) is 18.5 Å². The van der Waals surface area contributed by atoms with E-state index in [1.807, 2.05) is 0 Å². The van der Waals surface area contributed by atoms with Crippen LogP contribution in [0.15, 0.2) is 30.3 Å². The predicted molar refractivity (Wildman–Crippen MR) is 90.6 cm³/mol. The van der Waals surface area contributed by atoms with Crippen LogP contribution in [0.2, 0.25) is 5.02 Å². The molecule has 2 aromatic rings. The monoisotopic (exact) mass is 353 g/mol. The van der Waals surface area contributed by atoms with Gasteiger partial charge in [-0.1, -0.05) is 11.6 Å². The highest BCUT2D eigenvalue weighted by molar-refractivity contribution is 7.18. The third kappa shape index (κ3) is 4.97. The highest BCUT2D eigenvalue weighted by Crippen LogP contribution is 2.27. The van der Waals surface area contributed by atoms with Crippen LogP contribution in [0.4, 0.5) is 5.00 Å². The average Bonchev–Trinajstić information content (AvgIpc) is 2.87. The lowest BCUT2D eigenvalue weighted by molar-refractivity contribution is -0.118. The van der Waals surface area contributed by atoms with E-state index in [9.17, 15) is 9.59 Å². The Hall–Kier alpha value is -2.05. The first-order chi connectivity index (χ1) is 11.0. The van der Waals surface area contributed by atoms with Crippen LogP contribution in [0.25, 0.3) is 0 Å². The molecule has 7 heteroatoms. The van der Waals surface area contributed by atoms with Crippen LogP contribution in [0.3, 0.4) is 0 Å². The fourth-order valence-corrected chi connectivity index (χ4v) is 2.90. The number of carbonyl (C=O) groups is 2. The van der Waals surface area contributed by atoms with Crippen molar-refractivity contribution in [3.05, 3.63) is 45.8 Å². The summed E-state index contributed by atoms with van der Waals surface area (Å²) in [6.45, 7) is 3.72. The van der Waals surface area contributed by atoms with Gasteiger partial charge in [0.2, 0.25) is 0 Å². The molecule has 122 valence electrons. The molecule has 0 unspecified atom stereocenters. The Kier molecular flexibility index (Phi) is 6.01. The van der Waals surface area contributed by atoms with Crippen molar-refractivity contribution >= 4 is 39.8 Å². The second-order valence-corrected chi connectivity index (χ2v) is 6.12. The molecule has 1 aromatic heterocycles. The number of hydrogen-bond donors (Lipinski definition) is 1. The summed E-state index contributed by atoms with van der Waals surface area (Å²) in [5.74, 6) is -0.136. The van der Waals surface area contributed by atoms with Gasteiger partial charge in [-0.05, 0) is 49.7 Å². The van der Waals surface area contributed by atoms with Gasteiger partial charge >= 0.3 is 5.97 Å². The minimum absolute atomic E-state index is 0.132. The SMILES string of the molecule is CCOC(=O)c1sc(NC(=O)COc2ccc(Cl)cc2)cc1C. The number of amides is 1. The van der Waals surface area contributed by atoms with Crippen molar-refractivity contribution in [1.82, 2.24) is 0 Å². The van der Waals surface area contributed by atoms with Gasteiger partial charge in [-0.3, -0.25) is 4.79 Å². The first kappa shape index (κ1) is 17.3. The molecular formula is C16H16ClNO4S. The Bertz CT molecular complexity index is 697. The average molecular weight is 354 g/mol. The topological polar surface area (TPSA) is 64.6 Å². The summed E-state index contributed by atoms with van der Waals surface area (Å²) in [5.41, 5.74) is 0.766. The molecule has 0 atom stereocenters. The number of esters is 1. The molecule has 1 N–H and O–H groups in total. The maximum Gasteiger partial charge on any atom is 0.348 e. The summed E-state index contributed by atoms with van der Waals surface area (Å²) in [6, 6.07) is 8.47. The molecule has 0 spiro atoms. The maximum atomic E-state index is 11.9. The zero-order valence-corrected chi connectivity index (χ0v) is 14.3. The smallest absolute Gasteiger partial charge is 0.348 e. The van der Waals surface area contributed by atoms with Crippen LogP contribution >= 0.6 is 22.9 Å². The maximum absolute atomic E-state index is 11.9. The van der Waals surface area contributed by atoms with Crippen LogP contribution in [0.1, 0.15) is 22.2 Å². The molecule has 5 nitrogen and oxygen atoms in total. The third-order valence-corrected chi connectivity index (χ3v) is 4.21. The van der Waals surface area contributed by atoms with Crippen LogP contribution in [-0.4, -0.2) is 25.1 Å². The zero-order chi connectivity index (χ0) is 16.8. The summed E-state index contributed by atoms with van der Waals surface area (Å²) in [7, 11) is 0. The van der Waals surface area contributed by atoms with Gasteiger partial charge in [0.05, 0.1) is 11.6 Å². The number of benzene rings is 1. The summed E-state index contributed by atoms with van der Waals surface area (Å²) in [6.07, 6.45) is 0. The zero-order valence-electron chi connectivity index (χ0n) is 12.7. The molecule has 1 amide bonds. The van der Waals surface area contributed by atoms with Gasteiger partial charge in [0.1, 0.15) is 10.6 Å². The quantitative estimate of drug-likeness (QED) is 0.800. The van der Waals surface area contributed by atoms with Crippen molar-refractivity contribution in [1.29, 1.82) is 0 Å². The van der Waals surface area contributed by atoms with Gasteiger partial charge in [-0.25, -0.2) is 4.79 Å². The van der Waals surface area contributed by atoms with Crippen molar-refractivity contribution in [2.45, 2.75) is 13.8 Å². The van der Waals surface area contributed by atoms with Crippen LogP contribution in [0.5, 0.6) is 5.75 Å². The van der Waals surface area contributed by atoms with Crippen LogP contribution in [-0.2, 0) is 9.53 Å². The molecular weight excluding hydrogens is 338 g/mol. The van der Waals surface area contributed by atoms with E-state index in [2.05, 4.69) is 5.32 Å². The molecule has 0 saturated carbocycles. The van der Waals surface area contributed by atoms with Crippen LogP contribution in [0, 0.1) is 6.92 Å². The normalized spacial score (nSPS) is 10.2. The predicted octanol–water partition coefficient (Wildman–Crippen LogP) is 3.90. The Morgan fingerprint density at radius 3 is 2.61 bits per heavy atom. The highest BCUT2D eigenvalue weighted by Gasteiger charge is 2.16. The summed E-state index contributed by atoms with van der Waals surface area (Å²) >= 11 is 6.96. The lowest BCUT2D eigenvalue weighted by atomic mass is 10.3. The van der Waals surface area contributed by atoms with E-state index in [0.29, 0.717) is 27.3 Å².